The minimum Gasteiger partial charge on any atom is -0.327 e. The summed E-state index contributed by atoms with van der Waals surface area (Å²) >= 11 is 0. The molecule has 1 aromatic carbocycles. The van der Waals surface area contributed by atoms with E-state index in [0.29, 0.717) is 5.69 Å². The molecule has 0 aromatic heterocycles. The van der Waals surface area contributed by atoms with Crippen molar-refractivity contribution in [1.29, 1.82) is 0 Å². The summed E-state index contributed by atoms with van der Waals surface area (Å²) in [4.78, 5) is 23.5. The molecule has 18 heavy (non-hydrogen) atoms. The number of nitrogens with zero attached hydrogens (tertiary/aromatic N) is 2. The van der Waals surface area contributed by atoms with Crippen LogP contribution in [-0.4, -0.2) is 23.9 Å². The molecule has 2 atom stereocenters. The summed E-state index contributed by atoms with van der Waals surface area (Å²) in [6.45, 7) is 3.53. The average molecular weight is 251 g/mol. The van der Waals surface area contributed by atoms with Crippen LogP contribution in [0.5, 0.6) is 0 Å². The number of carbonyl (C=O) groups is 1. The molecule has 98 valence electrons. The lowest BCUT2D eigenvalue weighted by atomic mass is 10.0. The first kappa shape index (κ1) is 14.1. The van der Waals surface area contributed by atoms with Crippen molar-refractivity contribution >= 4 is 17.3 Å². The molecular weight excluding hydrogens is 234 g/mol. The number of non-ortho nitro benzene ring substituents is 1. The van der Waals surface area contributed by atoms with E-state index in [1.165, 1.54) is 17.0 Å². The average Bonchev–Trinajstić information content (AvgIpc) is 2.36. The zero-order chi connectivity index (χ0) is 13.9. The number of nitrogens with two attached hydrogens (primary N) is 1. The Balaban J connectivity index is 2.87. The maximum Gasteiger partial charge on any atom is 0.269 e. The molecule has 0 bridgehead atoms. The Bertz CT molecular complexity index is 442. The van der Waals surface area contributed by atoms with E-state index in [0.717, 1.165) is 0 Å². The van der Waals surface area contributed by atoms with E-state index in [1.54, 1.807) is 33.0 Å². The normalized spacial score (nSPS) is 13.8. The van der Waals surface area contributed by atoms with Crippen LogP contribution >= 0.6 is 0 Å². The van der Waals surface area contributed by atoms with Crippen molar-refractivity contribution in [1.82, 2.24) is 0 Å². The first-order valence-corrected chi connectivity index (χ1v) is 5.62. The van der Waals surface area contributed by atoms with Crippen molar-refractivity contribution in [3.05, 3.63) is 34.4 Å². The van der Waals surface area contributed by atoms with Gasteiger partial charge in [-0.25, -0.2) is 0 Å². The molecule has 0 fully saturated rings. The number of nitro benzene ring substituents is 1. The second kappa shape index (κ2) is 5.59. The van der Waals surface area contributed by atoms with Crippen LogP contribution in [0.15, 0.2) is 24.3 Å². The van der Waals surface area contributed by atoms with Crippen molar-refractivity contribution in [2.24, 2.45) is 11.7 Å². The number of amides is 1. The van der Waals surface area contributed by atoms with Crippen LogP contribution in [0.2, 0.25) is 0 Å². The molecule has 2 N–H and O–H groups in total. The zero-order valence-corrected chi connectivity index (χ0v) is 10.7. The highest BCUT2D eigenvalue weighted by atomic mass is 16.6. The lowest BCUT2D eigenvalue weighted by Crippen LogP contribution is -2.39. The number of hydrogen-bond donors (Lipinski definition) is 1. The Morgan fingerprint density at radius 3 is 2.22 bits per heavy atom. The van der Waals surface area contributed by atoms with Gasteiger partial charge in [0, 0.05) is 30.9 Å². The zero-order valence-electron chi connectivity index (χ0n) is 10.7. The molecule has 2 unspecified atom stereocenters. The van der Waals surface area contributed by atoms with Gasteiger partial charge in [-0.2, -0.15) is 0 Å². The highest BCUT2D eigenvalue weighted by Crippen LogP contribution is 2.20. The summed E-state index contributed by atoms with van der Waals surface area (Å²) in [5.74, 6) is -0.413. The van der Waals surface area contributed by atoms with Gasteiger partial charge in [-0.15, -0.1) is 0 Å². The van der Waals surface area contributed by atoms with Crippen LogP contribution in [0, 0.1) is 16.0 Å². The van der Waals surface area contributed by atoms with E-state index < -0.39 is 4.92 Å². The summed E-state index contributed by atoms with van der Waals surface area (Å²) < 4.78 is 0. The maximum atomic E-state index is 12.0. The Morgan fingerprint density at radius 1 is 1.33 bits per heavy atom. The van der Waals surface area contributed by atoms with Crippen LogP contribution in [0.1, 0.15) is 13.8 Å². The first-order valence-electron chi connectivity index (χ1n) is 5.62. The van der Waals surface area contributed by atoms with Crippen molar-refractivity contribution in [2.45, 2.75) is 19.9 Å². The smallest absolute Gasteiger partial charge is 0.269 e. The number of rotatable bonds is 4. The fraction of sp³-hybridized carbons (Fsp3) is 0.417. The largest absolute Gasteiger partial charge is 0.327 e. The molecule has 0 saturated carbocycles. The molecule has 0 aliphatic rings. The predicted molar refractivity (Wildman–Crippen MR) is 69.3 cm³/mol. The van der Waals surface area contributed by atoms with Gasteiger partial charge >= 0.3 is 0 Å². The van der Waals surface area contributed by atoms with Crippen molar-refractivity contribution in [2.75, 3.05) is 11.9 Å². The highest BCUT2D eigenvalue weighted by Gasteiger charge is 2.22. The molecular formula is C12H17N3O3. The number of nitro groups is 1. The second-order valence-corrected chi connectivity index (χ2v) is 4.32. The molecule has 1 rings (SSSR count). The molecule has 6 heteroatoms. The second-order valence-electron chi connectivity index (χ2n) is 4.32. The van der Waals surface area contributed by atoms with E-state index in [2.05, 4.69) is 0 Å². The molecule has 0 saturated heterocycles. The van der Waals surface area contributed by atoms with Gasteiger partial charge in [0.05, 0.1) is 10.8 Å². The van der Waals surface area contributed by atoms with Crippen LogP contribution in [-0.2, 0) is 4.79 Å². The summed E-state index contributed by atoms with van der Waals surface area (Å²) in [7, 11) is 1.63. The lowest BCUT2D eigenvalue weighted by molar-refractivity contribution is -0.384. The monoisotopic (exact) mass is 251 g/mol. The standard InChI is InChI=1S/C12H17N3O3/c1-8(9(2)13)12(16)14(3)10-4-6-11(7-5-10)15(17)18/h4-9H,13H2,1-3H3. The van der Waals surface area contributed by atoms with Crippen LogP contribution in [0.4, 0.5) is 11.4 Å². The summed E-state index contributed by atoms with van der Waals surface area (Å²) in [6.07, 6.45) is 0. The predicted octanol–water partition coefficient (Wildman–Crippen LogP) is 1.54. The molecule has 1 amide bonds. The Hall–Kier alpha value is -1.95. The maximum absolute atomic E-state index is 12.0. The molecule has 0 aliphatic carbocycles. The van der Waals surface area contributed by atoms with Crippen molar-refractivity contribution in [3.8, 4) is 0 Å². The van der Waals surface area contributed by atoms with Gasteiger partial charge in [0.2, 0.25) is 5.91 Å². The van der Waals surface area contributed by atoms with Crippen LogP contribution in [0.3, 0.4) is 0 Å². The molecule has 1 aromatic rings. The number of carbonyl (C=O) groups excluding carboxylic acids is 1. The van der Waals surface area contributed by atoms with Gasteiger partial charge in [0.15, 0.2) is 0 Å². The fourth-order valence-corrected chi connectivity index (χ4v) is 1.46. The summed E-state index contributed by atoms with van der Waals surface area (Å²) in [5.41, 5.74) is 6.29. The summed E-state index contributed by atoms with van der Waals surface area (Å²) in [5, 5.41) is 10.5. The van der Waals surface area contributed by atoms with Crippen molar-refractivity contribution in [3.63, 3.8) is 0 Å². The van der Waals surface area contributed by atoms with Crippen LogP contribution in [0.25, 0.3) is 0 Å². The Labute approximate surface area is 106 Å². The minimum atomic E-state index is -0.476. The molecule has 0 heterocycles. The number of benzene rings is 1. The quantitative estimate of drug-likeness (QED) is 0.649. The van der Waals surface area contributed by atoms with E-state index in [-0.39, 0.29) is 23.6 Å². The SMILES string of the molecule is CC(N)C(C)C(=O)N(C)c1ccc([N+](=O)[O-])cc1. The highest BCUT2D eigenvalue weighted by molar-refractivity contribution is 5.94. The molecule has 0 radical (unpaired) electrons. The topological polar surface area (TPSA) is 89.5 Å². The fourth-order valence-electron chi connectivity index (χ4n) is 1.46. The van der Waals surface area contributed by atoms with Crippen molar-refractivity contribution < 1.29 is 9.72 Å². The van der Waals surface area contributed by atoms with E-state index in [4.69, 9.17) is 5.73 Å². The number of hydrogen-bond acceptors (Lipinski definition) is 4. The lowest BCUT2D eigenvalue weighted by Gasteiger charge is -2.23. The number of anilines is 1. The third-order valence-electron chi connectivity index (χ3n) is 2.96. The van der Waals surface area contributed by atoms with Gasteiger partial charge in [-0.1, -0.05) is 6.92 Å². The minimum absolute atomic E-state index is 0.000148. The van der Waals surface area contributed by atoms with Gasteiger partial charge in [0.25, 0.3) is 5.69 Å². The molecule has 0 spiro atoms. The first-order chi connectivity index (χ1) is 8.34. The van der Waals surface area contributed by atoms with E-state index >= 15 is 0 Å². The third-order valence-corrected chi connectivity index (χ3v) is 2.96. The van der Waals surface area contributed by atoms with Crippen LogP contribution < -0.4 is 10.6 Å². The van der Waals surface area contributed by atoms with Gasteiger partial charge in [-0.3, -0.25) is 14.9 Å². The van der Waals surface area contributed by atoms with Gasteiger partial charge in [0.1, 0.15) is 0 Å². The molecule has 0 aliphatic heterocycles. The van der Waals surface area contributed by atoms with E-state index in [9.17, 15) is 14.9 Å². The van der Waals surface area contributed by atoms with E-state index in [1.807, 2.05) is 0 Å². The molecule has 6 nitrogen and oxygen atoms in total. The summed E-state index contributed by atoms with van der Waals surface area (Å²) in [6, 6.07) is 5.59. The van der Waals surface area contributed by atoms with Gasteiger partial charge < -0.3 is 10.6 Å². The Morgan fingerprint density at radius 2 is 1.83 bits per heavy atom. The Kier molecular flexibility index (Phi) is 4.38. The third kappa shape index (κ3) is 3.04. The van der Waals surface area contributed by atoms with Gasteiger partial charge in [-0.05, 0) is 19.1 Å².